The molecule has 1 unspecified atom stereocenters. The highest BCUT2D eigenvalue weighted by Crippen LogP contribution is 2.63. The number of nitrogens with one attached hydrogen (secondary N) is 2. The molecule has 206 valence electrons. The minimum absolute atomic E-state index is 0.126. The first-order chi connectivity index (χ1) is 21.2. The fraction of sp³-hybridized carbons (Fsp3) is 0.0769. The van der Waals surface area contributed by atoms with Crippen LogP contribution in [0.4, 0.5) is 0 Å². The van der Waals surface area contributed by atoms with E-state index in [2.05, 4.69) is 97.1 Å². The van der Waals surface area contributed by atoms with Crippen LogP contribution < -0.4 is 4.74 Å². The summed E-state index contributed by atoms with van der Waals surface area (Å²) < 4.78 is 6.83. The third-order valence-corrected chi connectivity index (χ3v) is 10.2. The maximum Gasteiger partial charge on any atom is 0.136 e. The molecule has 0 amide bonds. The van der Waals surface area contributed by atoms with Gasteiger partial charge in [0, 0.05) is 26.8 Å². The Balaban J connectivity index is 1.19. The zero-order valence-corrected chi connectivity index (χ0v) is 24.2. The quantitative estimate of drug-likeness (QED) is 0.202. The van der Waals surface area contributed by atoms with Crippen molar-refractivity contribution in [2.24, 2.45) is 0 Å². The van der Waals surface area contributed by atoms with Crippen LogP contribution in [0.2, 0.25) is 0 Å². The van der Waals surface area contributed by atoms with Gasteiger partial charge in [-0.15, -0.1) is 11.8 Å². The lowest BCUT2D eigenvalue weighted by molar-refractivity contribution is 0.430. The molecule has 1 spiro atoms. The van der Waals surface area contributed by atoms with Crippen LogP contribution in [0, 0.1) is 10.8 Å². The van der Waals surface area contributed by atoms with Gasteiger partial charge in [0.1, 0.15) is 11.5 Å². The Morgan fingerprint density at radius 1 is 0.651 bits per heavy atom. The van der Waals surface area contributed by atoms with E-state index in [1.54, 1.807) is 23.9 Å². The molecule has 0 bridgehead atoms. The summed E-state index contributed by atoms with van der Waals surface area (Å²) in [6.07, 6.45) is 6.43. The van der Waals surface area contributed by atoms with Gasteiger partial charge in [-0.1, -0.05) is 121 Å². The van der Waals surface area contributed by atoms with Gasteiger partial charge >= 0.3 is 0 Å². The molecule has 3 nitrogen and oxygen atoms in total. The lowest BCUT2D eigenvalue weighted by Crippen LogP contribution is -2.32. The molecule has 5 aromatic rings. The van der Waals surface area contributed by atoms with Crippen LogP contribution in [0.25, 0.3) is 11.1 Å². The molecule has 1 atom stereocenters. The summed E-state index contributed by atoms with van der Waals surface area (Å²) in [5, 5.41) is 17.3. The molecule has 0 saturated carbocycles. The van der Waals surface area contributed by atoms with Gasteiger partial charge in [-0.3, -0.25) is 5.41 Å². The molecule has 2 aliphatic heterocycles. The third kappa shape index (κ3) is 3.90. The first kappa shape index (κ1) is 25.8. The Morgan fingerprint density at radius 3 is 2.00 bits per heavy atom. The van der Waals surface area contributed by atoms with Gasteiger partial charge in [0.25, 0.3) is 0 Å². The number of benzene rings is 5. The average Bonchev–Trinajstić information content (AvgIpc) is 3.67. The van der Waals surface area contributed by atoms with Crippen LogP contribution in [0.15, 0.2) is 144 Å². The van der Waals surface area contributed by atoms with Crippen LogP contribution in [-0.4, -0.2) is 11.4 Å². The SMILES string of the molecule is N=C(/C=C\C(=N)c1ccccc1)C1=CCC(c2cccc3c2Oc2ccccc2C32c3ccccc3-c3ccccc32)S1. The summed E-state index contributed by atoms with van der Waals surface area (Å²) in [7, 11) is 0. The molecule has 43 heavy (non-hydrogen) atoms. The Hall–Kier alpha value is -4.93. The van der Waals surface area contributed by atoms with E-state index in [0.717, 1.165) is 34.0 Å². The molecule has 3 aliphatic rings. The first-order valence-corrected chi connectivity index (χ1v) is 15.4. The van der Waals surface area contributed by atoms with Crippen molar-refractivity contribution in [1.82, 2.24) is 0 Å². The average molecular weight is 573 g/mol. The second-order valence-electron chi connectivity index (χ2n) is 11.1. The van der Waals surface area contributed by atoms with E-state index in [1.165, 1.54) is 33.4 Å². The second kappa shape index (κ2) is 10.1. The van der Waals surface area contributed by atoms with Crippen LogP contribution in [0.5, 0.6) is 11.5 Å². The van der Waals surface area contributed by atoms with Crippen LogP contribution in [0.1, 0.15) is 45.1 Å². The van der Waals surface area contributed by atoms with E-state index in [9.17, 15) is 0 Å². The maximum atomic E-state index is 8.77. The molecule has 0 radical (unpaired) electrons. The van der Waals surface area contributed by atoms with Crippen molar-refractivity contribution in [1.29, 1.82) is 10.8 Å². The van der Waals surface area contributed by atoms with Gasteiger partial charge < -0.3 is 10.1 Å². The third-order valence-electron chi connectivity index (χ3n) is 8.81. The summed E-state index contributed by atoms with van der Waals surface area (Å²) in [5.41, 5.74) is 9.80. The second-order valence-corrected chi connectivity index (χ2v) is 12.3. The predicted octanol–water partition coefficient (Wildman–Crippen LogP) is 9.86. The van der Waals surface area contributed by atoms with Gasteiger partial charge in [-0.2, -0.15) is 0 Å². The largest absolute Gasteiger partial charge is 0.456 e. The number of thioether (sulfide) groups is 1. The number of rotatable bonds is 5. The minimum Gasteiger partial charge on any atom is -0.456 e. The summed E-state index contributed by atoms with van der Waals surface area (Å²) >= 11 is 1.71. The highest BCUT2D eigenvalue weighted by Gasteiger charge is 2.51. The fourth-order valence-electron chi connectivity index (χ4n) is 6.94. The molecular formula is C39H28N2OS. The zero-order chi connectivity index (χ0) is 29.0. The Morgan fingerprint density at radius 2 is 1.26 bits per heavy atom. The molecule has 0 saturated heterocycles. The molecule has 2 N–H and O–H groups in total. The van der Waals surface area contributed by atoms with E-state index in [-0.39, 0.29) is 5.25 Å². The lowest BCUT2D eigenvalue weighted by Gasteiger charge is -2.40. The van der Waals surface area contributed by atoms with E-state index >= 15 is 0 Å². The van der Waals surface area contributed by atoms with Gasteiger partial charge in [0.2, 0.25) is 0 Å². The Labute approximate surface area is 255 Å². The van der Waals surface area contributed by atoms with E-state index in [4.69, 9.17) is 15.6 Å². The van der Waals surface area contributed by atoms with E-state index < -0.39 is 5.41 Å². The number of allylic oxidation sites excluding steroid dienone is 4. The van der Waals surface area contributed by atoms with Gasteiger partial charge in [0.05, 0.1) is 16.8 Å². The van der Waals surface area contributed by atoms with Crippen LogP contribution in [0.3, 0.4) is 0 Å². The topological polar surface area (TPSA) is 56.9 Å². The highest BCUT2D eigenvalue weighted by molar-refractivity contribution is 8.04. The molecule has 4 heteroatoms. The van der Waals surface area contributed by atoms with Crippen molar-refractivity contribution in [3.63, 3.8) is 0 Å². The van der Waals surface area contributed by atoms with Gasteiger partial charge in [-0.25, -0.2) is 0 Å². The van der Waals surface area contributed by atoms with Crippen molar-refractivity contribution >= 4 is 23.2 Å². The number of hydrogen-bond acceptors (Lipinski definition) is 4. The number of fused-ring (bicyclic) bond motifs is 9. The van der Waals surface area contributed by atoms with Crippen molar-refractivity contribution in [2.75, 3.05) is 0 Å². The number of hydrogen-bond donors (Lipinski definition) is 2. The minimum atomic E-state index is -0.472. The van der Waals surface area contributed by atoms with Crippen molar-refractivity contribution in [3.8, 4) is 22.6 Å². The van der Waals surface area contributed by atoms with E-state index in [1.807, 2.05) is 30.3 Å². The molecular weight excluding hydrogens is 545 g/mol. The summed E-state index contributed by atoms with van der Waals surface area (Å²) in [5.74, 6) is 1.81. The standard InChI is InChI=1S/C39H28N2OS/c40-33(25-11-2-1-3-12-25)21-22-34(41)37-24-23-36(43-37)28-15-10-19-32-38(28)42-35-20-9-8-18-31(35)39(32)29-16-6-4-13-26(29)27-14-5-7-17-30(27)39/h1-22,24,36,40-41H,23H2/b22-21-,40-33?,41-34?. The van der Waals surface area contributed by atoms with Crippen LogP contribution in [-0.2, 0) is 5.41 Å². The number of ether oxygens (including phenoxy) is 1. The predicted molar refractivity (Wildman–Crippen MR) is 177 cm³/mol. The van der Waals surface area contributed by atoms with Gasteiger partial charge in [-0.05, 0) is 52.5 Å². The maximum absolute atomic E-state index is 8.77. The number of para-hydroxylation sites is 2. The van der Waals surface area contributed by atoms with Crippen molar-refractivity contribution < 1.29 is 4.74 Å². The zero-order valence-electron chi connectivity index (χ0n) is 23.4. The summed E-state index contributed by atoms with van der Waals surface area (Å²) in [6.45, 7) is 0. The Kier molecular flexibility index (Phi) is 6.06. The van der Waals surface area contributed by atoms with Crippen molar-refractivity contribution in [3.05, 3.63) is 178 Å². The first-order valence-electron chi connectivity index (χ1n) is 14.5. The van der Waals surface area contributed by atoms with Crippen molar-refractivity contribution in [2.45, 2.75) is 17.1 Å². The molecule has 0 aromatic heterocycles. The molecule has 8 rings (SSSR count). The van der Waals surface area contributed by atoms with E-state index in [0.29, 0.717) is 11.4 Å². The van der Waals surface area contributed by atoms with Gasteiger partial charge in [0.15, 0.2) is 0 Å². The molecule has 1 aliphatic carbocycles. The normalized spacial score (nSPS) is 17.0. The molecule has 2 heterocycles. The molecule has 0 fully saturated rings. The monoisotopic (exact) mass is 572 g/mol. The smallest absolute Gasteiger partial charge is 0.136 e. The molecule has 5 aromatic carbocycles. The summed E-state index contributed by atoms with van der Waals surface area (Å²) in [4.78, 5) is 0.933. The lowest BCUT2D eigenvalue weighted by atomic mass is 9.65. The fourth-order valence-corrected chi connectivity index (χ4v) is 8.14. The summed E-state index contributed by atoms with van der Waals surface area (Å²) in [6, 6.07) is 42.3. The highest BCUT2D eigenvalue weighted by atomic mass is 32.2. The Bertz CT molecular complexity index is 1960. The van der Waals surface area contributed by atoms with Crippen LogP contribution >= 0.6 is 11.8 Å².